The first kappa shape index (κ1) is 30.9. The Morgan fingerprint density at radius 2 is 0.911 bits per heavy atom. The molecular weight excluding hydrogens is 681 g/mol. The Morgan fingerprint density at radius 1 is 0.321 bits per heavy atom. The van der Waals surface area contributed by atoms with E-state index >= 15 is 0 Å². The van der Waals surface area contributed by atoms with Crippen LogP contribution in [0.25, 0.3) is 110 Å². The number of fused-ring (bicyclic) bond motifs is 10. The maximum Gasteiger partial charge on any atom is 0.165 e. The van der Waals surface area contributed by atoms with Gasteiger partial charge in [-0.05, 0) is 93.3 Å². The van der Waals surface area contributed by atoms with Gasteiger partial charge >= 0.3 is 0 Å². The zero-order valence-corrected chi connectivity index (χ0v) is 30.3. The van der Waals surface area contributed by atoms with E-state index in [1.165, 1.54) is 59.7 Å². The van der Waals surface area contributed by atoms with Crippen LogP contribution in [-0.2, 0) is 0 Å². The van der Waals surface area contributed by atoms with E-state index in [2.05, 4.69) is 191 Å². The number of para-hydroxylation sites is 4. The number of hydrogen-bond acceptors (Lipinski definition) is 2. The molecule has 0 atom stereocenters. The van der Waals surface area contributed by atoms with Gasteiger partial charge < -0.3 is 4.57 Å². The summed E-state index contributed by atoms with van der Waals surface area (Å²) in [5.74, 6) is 0.805. The van der Waals surface area contributed by atoms with Crippen LogP contribution in [0.1, 0.15) is 0 Å². The smallest absolute Gasteiger partial charge is 0.165 e. The van der Waals surface area contributed by atoms with E-state index in [1.807, 2.05) is 12.1 Å². The molecule has 0 aliphatic carbocycles. The summed E-state index contributed by atoms with van der Waals surface area (Å²) < 4.78 is 4.74. The molecule has 0 unspecified atom stereocenters. The third kappa shape index (κ3) is 4.60. The first-order valence-electron chi connectivity index (χ1n) is 19.1. The quantitative estimate of drug-likeness (QED) is 0.182. The second kappa shape index (κ2) is 12.0. The Bertz CT molecular complexity index is 3500. The first-order chi connectivity index (χ1) is 27.8. The summed E-state index contributed by atoms with van der Waals surface area (Å²) in [6.07, 6.45) is 0. The molecule has 0 N–H and O–H groups in total. The Kier molecular flexibility index (Phi) is 6.60. The minimum absolute atomic E-state index is 0.805. The van der Waals surface area contributed by atoms with Crippen LogP contribution in [0.2, 0.25) is 0 Å². The van der Waals surface area contributed by atoms with Gasteiger partial charge in [0.15, 0.2) is 5.82 Å². The van der Waals surface area contributed by atoms with Crippen LogP contribution in [0.3, 0.4) is 0 Å². The number of benzene rings is 9. The summed E-state index contributed by atoms with van der Waals surface area (Å²) in [5, 5.41) is 9.73. The Morgan fingerprint density at radius 3 is 1.71 bits per heavy atom. The molecule has 3 heterocycles. The highest BCUT2D eigenvalue weighted by molar-refractivity contribution is 6.22. The van der Waals surface area contributed by atoms with Gasteiger partial charge in [0.2, 0.25) is 0 Å². The molecule has 260 valence electrons. The highest BCUT2D eigenvalue weighted by Crippen LogP contribution is 2.41. The van der Waals surface area contributed by atoms with Crippen molar-refractivity contribution in [1.82, 2.24) is 19.1 Å². The second-order valence-electron chi connectivity index (χ2n) is 14.6. The number of nitrogens with zero attached hydrogens (tertiary/aromatic N) is 4. The molecule has 0 saturated heterocycles. The molecule has 12 rings (SSSR count). The minimum atomic E-state index is 0.805. The molecule has 4 heteroatoms. The molecule has 4 nitrogen and oxygen atoms in total. The van der Waals surface area contributed by atoms with E-state index in [-0.39, 0.29) is 0 Å². The van der Waals surface area contributed by atoms with E-state index in [0.717, 1.165) is 50.4 Å². The Hall–Kier alpha value is -7.56. The van der Waals surface area contributed by atoms with Crippen molar-refractivity contribution in [2.45, 2.75) is 0 Å². The van der Waals surface area contributed by atoms with Crippen molar-refractivity contribution in [3.8, 4) is 33.9 Å². The fourth-order valence-electron chi connectivity index (χ4n) is 8.90. The first-order valence-corrected chi connectivity index (χ1v) is 19.1. The van der Waals surface area contributed by atoms with Gasteiger partial charge in [-0.25, -0.2) is 9.97 Å². The van der Waals surface area contributed by atoms with Gasteiger partial charge in [-0.15, -0.1) is 0 Å². The lowest BCUT2D eigenvalue weighted by Gasteiger charge is -2.15. The number of aromatic nitrogens is 4. The molecule has 0 radical (unpaired) electrons. The van der Waals surface area contributed by atoms with Crippen LogP contribution in [-0.4, -0.2) is 19.1 Å². The molecular formula is C52H32N4. The van der Waals surface area contributed by atoms with Gasteiger partial charge in [0.25, 0.3) is 0 Å². The molecule has 0 spiro atoms. The van der Waals surface area contributed by atoms with Crippen molar-refractivity contribution in [3.05, 3.63) is 194 Å². The van der Waals surface area contributed by atoms with Crippen molar-refractivity contribution in [3.63, 3.8) is 0 Å². The van der Waals surface area contributed by atoms with Crippen LogP contribution in [0.15, 0.2) is 194 Å². The lowest BCUT2D eigenvalue weighted by molar-refractivity contribution is 1.08. The molecule has 56 heavy (non-hydrogen) atoms. The van der Waals surface area contributed by atoms with Crippen LogP contribution >= 0.6 is 0 Å². The average molecular weight is 713 g/mol. The highest BCUT2D eigenvalue weighted by atomic mass is 15.1. The number of hydrogen-bond donors (Lipinski definition) is 0. The van der Waals surface area contributed by atoms with Gasteiger partial charge in [-0.3, -0.25) is 4.57 Å². The van der Waals surface area contributed by atoms with Crippen molar-refractivity contribution in [2.75, 3.05) is 0 Å². The average Bonchev–Trinajstić information content (AvgIpc) is 3.78. The zero-order valence-electron chi connectivity index (χ0n) is 30.3. The van der Waals surface area contributed by atoms with Crippen LogP contribution in [0.5, 0.6) is 0 Å². The van der Waals surface area contributed by atoms with Crippen molar-refractivity contribution in [2.24, 2.45) is 0 Å². The van der Waals surface area contributed by atoms with Gasteiger partial charge in [0, 0.05) is 32.8 Å². The second-order valence-corrected chi connectivity index (χ2v) is 14.6. The van der Waals surface area contributed by atoms with Crippen molar-refractivity contribution < 1.29 is 0 Å². The predicted octanol–water partition coefficient (Wildman–Crippen LogP) is 13.5. The minimum Gasteiger partial charge on any atom is -0.309 e. The van der Waals surface area contributed by atoms with Crippen molar-refractivity contribution >= 4 is 76.2 Å². The summed E-state index contributed by atoms with van der Waals surface area (Å²) in [4.78, 5) is 10.9. The van der Waals surface area contributed by atoms with E-state index in [4.69, 9.17) is 9.97 Å². The van der Waals surface area contributed by atoms with E-state index in [0.29, 0.717) is 0 Å². The normalized spacial score (nSPS) is 11.9. The van der Waals surface area contributed by atoms with Gasteiger partial charge in [0.05, 0.1) is 33.1 Å². The van der Waals surface area contributed by atoms with Crippen LogP contribution in [0, 0.1) is 0 Å². The summed E-state index contributed by atoms with van der Waals surface area (Å²) >= 11 is 0. The third-order valence-electron chi connectivity index (χ3n) is 11.5. The standard InChI is InChI=1S/C52H32N4/c1-2-14-35-30-37(25-24-33(35)12-1)36-15-11-16-38(31-36)51-52(54-45-21-8-7-20-44(45)53-51)56-48-29-27-39(32-43(48)50-40-17-4-3-13-34(40)26-28-49(50)56)55-46-22-9-5-18-41(46)42-19-6-10-23-47(42)55/h1-32H. The lowest BCUT2D eigenvalue weighted by atomic mass is 9.98. The predicted molar refractivity (Wildman–Crippen MR) is 234 cm³/mol. The Balaban J connectivity index is 1.15. The molecule has 0 saturated carbocycles. The molecule has 0 bridgehead atoms. The van der Waals surface area contributed by atoms with Gasteiger partial charge in [-0.2, -0.15) is 0 Å². The van der Waals surface area contributed by atoms with Crippen molar-refractivity contribution in [1.29, 1.82) is 0 Å². The fourth-order valence-corrected chi connectivity index (χ4v) is 8.90. The molecule has 0 aliphatic heterocycles. The molecule has 0 amide bonds. The highest BCUT2D eigenvalue weighted by Gasteiger charge is 2.22. The zero-order chi connectivity index (χ0) is 36.7. The topological polar surface area (TPSA) is 35.6 Å². The van der Waals surface area contributed by atoms with Gasteiger partial charge in [-0.1, -0.05) is 133 Å². The molecule has 0 fully saturated rings. The van der Waals surface area contributed by atoms with Crippen LogP contribution < -0.4 is 0 Å². The van der Waals surface area contributed by atoms with Crippen LogP contribution in [0.4, 0.5) is 0 Å². The molecule has 9 aromatic carbocycles. The maximum absolute atomic E-state index is 5.47. The number of rotatable bonds is 4. The summed E-state index contributed by atoms with van der Waals surface area (Å²) in [5.41, 5.74) is 11.6. The molecule has 12 aromatic rings. The summed E-state index contributed by atoms with van der Waals surface area (Å²) in [6, 6.07) is 69.6. The lowest BCUT2D eigenvalue weighted by Crippen LogP contribution is -2.04. The van der Waals surface area contributed by atoms with E-state index < -0.39 is 0 Å². The largest absolute Gasteiger partial charge is 0.309 e. The summed E-state index contributed by atoms with van der Waals surface area (Å²) in [6.45, 7) is 0. The van der Waals surface area contributed by atoms with E-state index in [1.54, 1.807) is 0 Å². The maximum atomic E-state index is 5.47. The van der Waals surface area contributed by atoms with Gasteiger partial charge in [0.1, 0.15) is 5.69 Å². The third-order valence-corrected chi connectivity index (χ3v) is 11.5. The summed E-state index contributed by atoms with van der Waals surface area (Å²) in [7, 11) is 0. The molecule has 0 aliphatic rings. The fraction of sp³-hybridized carbons (Fsp3) is 0. The Labute approximate surface area is 322 Å². The monoisotopic (exact) mass is 712 g/mol. The molecule has 3 aromatic heterocycles. The SMILES string of the molecule is c1cc(-c2ccc3ccccc3c2)cc(-c2nc3ccccc3nc2-n2c3ccc(-n4c5ccccc5c5ccccc54)cc3c3c4ccccc4ccc32)c1. The van der Waals surface area contributed by atoms with E-state index in [9.17, 15) is 0 Å².